The molecule has 6 atom stereocenters. The first-order chi connectivity index (χ1) is 13.2. The van der Waals surface area contributed by atoms with E-state index in [1.54, 1.807) is 0 Å². The quantitative estimate of drug-likeness (QED) is 0.653. The van der Waals surface area contributed by atoms with Crippen LogP contribution in [0.5, 0.6) is 0 Å². The van der Waals surface area contributed by atoms with Gasteiger partial charge in [0.25, 0.3) is 0 Å². The summed E-state index contributed by atoms with van der Waals surface area (Å²) in [6.45, 7) is 11.1. The van der Waals surface area contributed by atoms with Crippen LogP contribution in [-0.2, 0) is 9.59 Å². The molecule has 3 nitrogen and oxygen atoms in total. The van der Waals surface area contributed by atoms with E-state index in [4.69, 9.17) is 0 Å². The van der Waals surface area contributed by atoms with Crippen molar-refractivity contribution in [1.29, 1.82) is 0 Å². The van der Waals surface area contributed by atoms with E-state index in [-0.39, 0.29) is 23.4 Å². The Balaban J connectivity index is 1.56. The number of hydrogen-bond donors (Lipinski definition) is 0. The Hall–Kier alpha value is -1.12. The molecule has 0 N–H and O–H groups in total. The predicted molar refractivity (Wildman–Crippen MR) is 113 cm³/mol. The van der Waals surface area contributed by atoms with Crippen LogP contribution in [0.15, 0.2) is 11.6 Å². The highest BCUT2D eigenvalue weighted by molar-refractivity contribution is 5.91. The number of fused-ring (bicyclic) bond motifs is 5. The summed E-state index contributed by atoms with van der Waals surface area (Å²) in [7, 11) is 0. The van der Waals surface area contributed by atoms with Crippen LogP contribution < -0.4 is 0 Å². The molecule has 4 rings (SSSR count). The molecule has 3 heteroatoms. The van der Waals surface area contributed by atoms with Gasteiger partial charge < -0.3 is 4.90 Å². The summed E-state index contributed by atoms with van der Waals surface area (Å²) >= 11 is 0. The molecule has 0 aliphatic heterocycles. The smallest absolute Gasteiger partial charge is 0.226 e. The standard InChI is InChI=1S/C25H39NO2/c1-15(2)26(16(3)4)24(28)23-11-10-22-21-8-6-17-14-18(27)7-9-19(17)20(21)12-13-25(22,23)5/h14-16,19-23H,6-13H2,1-5H3/t19-,20+,21+,22-,23+,25-/m0/s1. The number of carbonyl (C=O) groups excluding carboxylic acids is 2. The topological polar surface area (TPSA) is 37.4 Å². The molecule has 0 heterocycles. The minimum Gasteiger partial charge on any atom is -0.338 e. The third-order valence-corrected chi connectivity index (χ3v) is 8.97. The van der Waals surface area contributed by atoms with E-state index in [2.05, 4.69) is 39.5 Å². The molecule has 0 saturated heterocycles. The number of nitrogens with zero attached hydrogens (tertiary/aromatic N) is 1. The van der Waals surface area contributed by atoms with E-state index in [1.165, 1.54) is 31.3 Å². The second-order valence-corrected chi connectivity index (χ2v) is 10.9. The van der Waals surface area contributed by atoms with E-state index in [0.717, 1.165) is 37.5 Å². The number of ketones is 1. The lowest BCUT2D eigenvalue weighted by atomic mass is 9.51. The molecule has 0 aromatic rings. The molecule has 1 amide bonds. The summed E-state index contributed by atoms with van der Waals surface area (Å²) in [5, 5.41) is 0. The van der Waals surface area contributed by atoms with Crippen molar-refractivity contribution in [2.24, 2.45) is 35.0 Å². The minimum absolute atomic E-state index is 0.173. The number of carbonyl (C=O) groups is 2. The Morgan fingerprint density at radius 2 is 1.71 bits per heavy atom. The second-order valence-electron chi connectivity index (χ2n) is 10.9. The highest BCUT2D eigenvalue weighted by Gasteiger charge is 2.58. The van der Waals surface area contributed by atoms with Crippen LogP contribution in [-0.4, -0.2) is 28.7 Å². The van der Waals surface area contributed by atoms with Gasteiger partial charge in [-0.15, -0.1) is 0 Å². The lowest BCUT2D eigenvalue weighted by Gasteiger charge is -2.54. The summed E-state index contributed by atoms with van der Waals surface area (Å²) in [4.78, 5) is 27.6. The second kappa shape index (κ2) is 7.29. The Morgan fingerprint density at radius 3 is 2.39 bits per heavy atom. The van der Waals surface area contributed by atoms with Crippen molar-refractivity contribution in [2.75, 3.05) is 0 Å². The number of rotatable bonds is 3. The van der Waals surface area contributed by atoms with Crippen LogP contribution in [0.25, 0.3) is 0 Å². The Kier molecular flexibility index (Phi) is 5.25. The molecule has 0 aromatic heterocycles. The van der Waals surface area contributed by atoms with Crippen LogP contribution in [0.2, 0.25) is 0 Å². The SMILES string of the molecule is CC(C)N(C(=O)[C@H]1CC[C@H]2[C@@H]3CCC4=CC(=O)CC[C@@H]4[C@H]3CC[C@]12C)C(C)C. The van der Waals surface area contributed by atoms with Gasteiger partial charge in [0.2, 0.25) is 5.91 Å². The molecule has 0 spiro atoms. The van der Waals surface area contributed by atoms with Crippen molar-refractivity contribution < 1.29 is 9.59 Å². The molecule has 0 unspecified atom stereocenters. The molecule has 4 aliphatic carbocycles. The van der Waals surface area contributed by atoms with Crippen molar-refractivity contribution in [1.82, 2.24) is 4.90 Å². The molecule has 28 heavy (non-hydrogen) atoms. The van der Waals surface area contributed by atoms with Crippen molar-refractivity contribution >= 4 is 11.7 Å². The molecule has 3 fully saturated rings. The van der Waals surface area contributed by atoms with Crippen LogP contribution in [0.3, 0.4) is 0 Å². The summed E-state index contributed by atoms with van der Waals surface area (Å²) in [5.74, 6) is 3.82. The van der Waals surface area contributed by atoms with Crippen molar-refractivity contribution in [3.63, 3.8) is 0 Å². The van der Waals surface area contributed by atoms with Gasteiger partial charge in [0.15, 0.2) is 5.78 Å². The molecular formula is C25H39NO2. The van der Waals surface area contributed by atoms with Gasteiger partial charge in [-0.3, -0.25) is 9.59 Å². The normalized spacial score (nSPS) is 40.0. The monoisotopic (exact) mass is 385 g/mol. The van der Waals surface area contributed by atoms with E-state index >= 15 is 0 Å². The molecule has 4 aliphatic rings. The van der Waals surface area contributed by atoms with Crippen molar-refractivity contribution in [3.05, 3.63) is 11.6 Å². The third-order valence-electron chi connectivity index (χ3n) is 8.97. The number of hydrogen-bond acceptors (Lipinski definition) is 2. The number of amides is 1. The van der Waals surface area contributed by atoms with Gasteiger partial charge >= 0.3 is 0 Å². The van der Waals surface area contributed by atoms with Gasteiger partial charge in [0.1, 0.15) is 0 Å². The van der Waals surface area contributed by atoms with E-state index in [1.807, 2.05) is 6.08 Å². The molecule has 0 bridgehead atoms. The van der Waals surface area contributed by atoms with Gasteiger partial charge in [-0.05, 0) is 108 Å². The summed E-state index contributed by atoms with van der Waals surface area (Å²) < 4.78 is 0. The Bertz CT molecular complexity index is 670. The van der Waals surface area contributed by atoms with E-state index in [9.17, 15) is 9.59 Å². The minimum atomic E-state index is 0.173. The summed E-state index contributed by atoms with van der Waals surface area (Å²) in [5.41, 5.74) is 1.63. The van der Waals surface area contributed by atoms with E-state index in [0.29, 0.717) is 23.5 Å². The zero-order valence-corrected chi connectivity index (χ0v) is 18.5. The van der Waals surface area contributed by atoms with Crippen LogP contribution in [0, 0.1) is 35.0 Å². The maximum atomic E-state index is 13.6. The van der Waals surface area contributed by atoms with Crippen molar-refractivity contribution in [2.45, 2.75) is 98.1 Å². The van der Waals surface area contributed by atoms with Crippen LogP contribution in [0.4, 0.5) is 0 Å². The predicted octanol–water partition coefficient (Wildman–Crippen LogP) is 5.39. The summed E-state index contributed by atoms with van der Waals surface area (Å²) in [6, 6.07) is 0.544. The fourth-order valence-corrected chi connectivity index (χ4v) is 7.87. The lowest BCUT2D eigenvalue weighted by molar-refractivity contribution is -0.145. The summed E-state index contributed by atoms with van der Waals surface area (Å²) in [6.07, 6.45) is 10.9. The molecule has 156 valence electrons. The largest absolute Gasteiger partial charge is 0.338 e. The van der Waals surface area contributed by atoms with Crippen molar-refractivity contribution in [3.8, 4) is 0 Å². The van der Waals surface area contributed by atoms with Crippen LogP contribution in [0.1, 0.15) is 86.0 Å². The molecule has 0 radical (unpaired) electrons. The molecular weight excluding hydrogens is 346 g/mol. The first-order valence-corrected chi connectivity index (χ1v) is 11.8. The number of allylic oxidation sites excluding steroid dienone is 1. The Labute approximate surface area is 171 Å². The average Bonchev–Trinajstić information content (AvgIpc) is 2.97. The fraction of sp³-hybridized carbons (Fsp3) is 0.840. The van der Waals surface area contributed by atoms with E-state index < -0.39 is 0 Å². The van der Waals surface area contributed by atoms with Gasteiger partial charge in [-0.1, -0.05) is 12.5 Å². The van der Waals surface area contributed by atoms with Crippen LogP contribution >= 0.6 is 0 Å². The van der Waals surface area contributed by atoms with Gasteiger partial charge in [0, 0.05) is 24.4 Å². The highest BCUT2D eigenvalue weighted by atomic mass is 16.2. The maximum absolute atomic E-state index is 13.6. The fourth-order valence-electron chi connectivity index (χ4n) is 7.87. The first kappa shape index (κ1) is 20.2. The van der Waals surface area contributed by atoms with Gasteiger partial charge in [-0.25, -0.2) is 0 Å². The average molecular weight is 386 g/mol. The highest BCUT2D eigenvalue weighted by Crippen LogP contribution is 2.63. The van der Waals surface area contributed by atoms with Gasteiger partial charge in [-0.2, -0.15) is 0 Å². The lowest BCUT2D eigenvalue weighted by Crippen LogP contribution is -2.52. The molecule has 3 saturated carbocycles. The molecule has 0 aromatic carbocycles. The zero-order chi connectivity index (χ0) is 20.2. The maximum Gasteiger partial charge on any atom is 0.226 e. The Morgan fingerprint density at radius 1 is 1.00 bits per heavy atom. The first-order valence-electron chi connectivity index (χ1n) is 11.8. The van der Waals surface area contributed by atoms with Gasteiger partial charge in [0.05, 0.1) is 0 Å². The third kappa shape index (κ3) is 3.08. The zero-order valence-electron chi connectivity index (χ0n) is 18.5.